The Labute approximate surface area is 140 Å². The van der Waals surface area contributed by atoms with Crippen molar-refractivity contribution < 1.29 is 19.4 Å². The summed E-state index contributed by atoms with van der Waals surface area (Å²) in [7, 11) is 0. The van der Waals surface area contributed by atoms with Gasteiger partial charge < -0.3 is 20.1 Å². The van der Waals surface area contributed by atoms with E-state index in [1.807, 2.05) is 18.4 Å². The Kier molecular flexibility index (Phi) is 6.73. The molecule has 1 atom stereocenters. The summed E-state index contributed by atoms with van der Waals surface area (Å²) < 4.78 is 5.32. The van der Waals surface area contributed by atoms with Crippen molar-refractivity contribution in [2.45, 2.75) is 12.5 Å². The van der Waals surface area contributed by atoms with Gasteiger partial charge in [-0.3, -0.25) is 4.79 Å². The van der Waals surface area contributed by atoms with Crippen LogP contribution in [0.4, 0.5) is 5.69 Å². The van der Waals surface area contributed by atoms with Crippen LogP contribution >= 0.6 is 11.8 Å². The number of rotatable bonds is 7. The fraction of sp³-hybridized carbons (Fsp3) is 0.500. The predicted octanol–water partition coefficient (Wildman–Crippen LogP) is 1.46. The minimum atomic E-state index is -1.00. The van der Waals surface area contributed by atoms with Crippen molar-refractivity contribution in [1.29, 1.82) is 0 Å². The van der Waals surface area contributed by atoms with E-state index in [1.165, 1.54) is 0 Å². The van der Waals surface area contributed by atoms with Gasteiger partial charge in [-0.1, -0.05) is 0 Å². The molecular formula is C16H22N2O4S. The average molecular weight is 338 g/mol. The fourth-order valence-electron chi connectivity index (χ4n) is 2.38. The molecule has 1 aromatic rings. The van der Waals surface area contributed by atoms with Crippen LogP contribution in [0.15, 0.2) is 24.3 Å². The van der Waals surface area contributed by atoms with E-state index in [2.05, 4.69) is 10.2 Å². The summed E-state index contributed by atoms with van der Waals surface area (Å²) >= 11 is 1.56. The number of morpholine rings is 1. The summed E-state index contributed by atoms with van der Waals surface area (Å²) in [6.07, 6.45) is 2.32. The Hall–Kier alpha value is -1.73. The highest BCUT2D eigenvalue weighted by Gasteiger charge is 2.20. The van der Waals surface area contributed by atoms with Gasteiger partial charge in [0.05, 0.1) is 13.2 Å². The van der Waals surface area contributed by atoms with Crippen LogP contribution in [-0.2, 0) is 9.53 Å². The number of amides is 1. The lowest BCUT2D eigenvalue weighted by molar-refractivity contribution is -0.139. The van der Waals surface area contributed by atoms with E-state index in [9.17, 15) is 9.59 Å². The number of carboxylic acids is 1. The molecule has 0 radical (unpaired) electrons. The van der Waals surface area contributed by atoms with Crippen molar-refractivity contribution in [1.82, 2.24) is 5.32 Å². The molecule has 6 nitrogen and oxygen atoms in total. The minimum absolute atomic E-state index is 0.355. The normalized spacial score (nSPS) is 16.0. The number of ether oxygens (including phenoxy) is 1. The van der Waals surface area contributed by atoms with Gasteiger partial charge in [0, 0.05) is 24.3 Å². The highest BCUT2D eigenvalue weighted by molar-refractivity contribution is 7.98. The first-order chi connectivity index (χ1) is 11.1. The Balaban J connectivity index is 1.97. The third kappa shape index (κ3) is 5.14. The standard InChI is InChI=1S/C16H22N2O4S/c1-23-11-6-14(16(20)21)17-15(19)12-2-4-13(5-3-12)18-7-9-22-10-8-18/h2-5,14H,6-11H2,1H3,(H,17,19)(H,20,21)/t14-/m0/s1. The largest absolute Gasteiger partial charge is 0.480 e. The van der Waals surface area contributed by atoms with Crippen molar-refractivity contribution in [3.63, 3.8) is 0 Å². The molecule has 0 aromatic heterocycles. The van der Waals surface area contributed by atoms with Gasteiger partial charge in [0.15, 0.2) is 0 Å². The fourth-order valence-corrected chi connectivity index (χ4v) is 2.85. The molecule has 0 unspecified atom stereocenters. The number of thioether (sulfide) groups is 1. The third-order valence-corrected chi connectivity index (χ3v) is 4.36. The molecule has 0 spiro atoms. The van der Waals surface area contributed by atoms with Gasteiger partial charge in [-0.05, 0) is 42.7 Å². The van der Waals surface area contributed by atoms with Gasteiger partial charge in [-0.2, -0.15) is 11.8 Å². The molecule has 1 aromatic carbocycles. The molecule has 23 heavy (non-hydrogen) atoms. The van der Waals surface area contributed by atoms with E-state index in [0.717, 1.165) is 18.8 Å². The molecule has 2 rings (SSSR count). The molecule has 1 saturated heterocycles. The summed E-state index contributed by atoms with van der Waals surface area (Å²) in [5.74, 6) is -0.669. The Bertz CT molecular complexity index is 529. The molecule has 7 heteroatoms. The Morgan fingerprint density at radius 1 is 1.30 bits per heavy atom. The van der Waals surface area contributed by atoms with E-state index in [4.69, 9.17) is 9.84 Å². The number of carbonyl (C=O) groups is 2. The second-order valence-corrected chi connectivity index (χ2v) is 6.28. The number of benzene rings is 1. The van der Waals surface area contributed by atoms with Gasteiger partial charge in [0.25, 0.3) is 5.91 Å². The third-order valence-electron chi connectivity index (χ3n) is 3.72. The first-order valence-corrected chi connectivity index (χ1v) is 8.96. The van der Waals surface area contributed by atoms with Crippen LogP contribution in [0, 0.1) is 0 Å². The van der Waals surface area contributed by atoms with Crippen LogP contribution in [0.25, 0.3) is 0 Å². The maximum Gasteiger partial charge on any atom is 0.326 e. The van der Waals surface area contributed by atoms with Gasteiger partial charge in [-0.25, -0.2) is 4.79 Å². The second-order valence-electron chi connectivity index (χ2n) is 5.29. The van der Waals surface area contributed by atoms with E-state index in [-0.39, 0.29) is 5.91 Å². The number of carboxylic acid groups (broad SMARTS) is 1. The number of aliphatic carboxylic acids is 1. The molecular weight excluding hydrogens is 316 g/mol. The Morgan fingerprint density at radius 3 is 2.52 bits per heavy atom. The number of nitrogens with zero attached hydrogens (tertiary/aromatic N) is 1. The van der Waals surface area contributed by atoms with E-state index >= 15 is 0 Å². The van der Waals surface area contributed by atoms with Crippen LogP contribution in [0.5, 0.6) is 0 Å². The van der Waals surface area contributed by atoms with Gasteiger partial charge in [0.2, 0.25) is 0 Å². The molecule has 0 aliphatic carbocycles. The van der Waals surface area contributed by atoms with E-state index in [1.54, 1.807) is 23.9 Å². The lowest BCUT2D eigenvalue weighted by Crippen LogP contribution is -2.41. The lowest BCUT2D eigenvalue weighted by atomic mass is 10.1. The van der Waals surface area contributed by atoms with E-state index in [0.29, 0.717) is 31.0 Å². The number of anilines is 1. The van der Waals surface area contributed by atoms with Gasteiger partial charge >= 0.3 is 5.97 Å². The summed E-state index contributed by atoms with van der Waals surface area (Å²) in [5.41, 5.74) is 1.51. The van der Waals surface area contributed by atoms with Crippen molar-refractivity contribution in [3.8, 4) is 0 Å². The molecule has 1 heterocycles. The SMILES string of the molecule is CSCC[C@H](NC(=O)c1ccc(N2CCOCC2)cc1)C(=O)O. The molecule has 1 aliphatic heterocycles. The van der Waals surface area contributed by atoms with Crippen molar-refractivity contribution in [2.75, 3.05) is 43.2 Å². The number of nitrogens with one attached hydrogen (secondary N) is 1. The number of carbonyl (C=O) groups excluding carboxylic acids is 1. The monoisotopic (exact) mass is 338 g/mol. The topological polar surface area (TPSA) is 78.9 Å². The lowest BCUT2D eigenvalue weighted by Gasteiger charge is -2.28. The Morgan fingerprint density at radius 2 is 1.96 bits per heavy atom. The summed E-state index contributed by atoms with van der Waals surface area (Å²) in [6.45, 7) is 3.08. The summed E-state index contributed by atoms with van der Waals surface area (Å²) in [4.78, 5) is 25.6. The zero-order valence-electron chi connectivity index (χ0n) is 13.2. The van der Waals surface area contributed by atoms with Gasteiger partial charge in [0.1, 0.15) is 6.04 Å². The average Bonchev–Trinajstić information content (AvgIpc) is 2.59. The zero-order valence-corrected chi connectivity index (χ0v) is 14.0. The van der Waals surface area contributed by atoms with E-state index < -0.39 is 12.0 Å². The number of hydrogen-bond donors (Lipinski definition) is 2. The highest BCUT2D eigenvalue weighted by Crippen LogP contribution is 2.16. The molecule has 1 aliphatic rings. The maximum absolute atomic E-state index is 12.2. The van der Waals surface area contributed by atoms with Crippen LogP contribution in [0.3, 0.4) is 0 Å². The molecule has 126 valence electrons. The second kappa shape index (κ2) is 8.79. The molecule has 1 amide bonds. The molecule has 2 N–H and O–H groups in total. The van der Waals surface area contributed by atoms with Crippen LogP contribution in [0.2, 0.25) is 0 Å². The quantitative estimate of drug-likeness (QED) is 0.784. The zero-order chi connectivity index (χ0) is 16.7. The number of hydrogen-bond acceptors (Lipinski definition) is 5. The first kappa shape index (κ1) is 17.6. The molecule has 0 bridgehead atoms. The summed E-state index contributed by atoms with van der Waals surface area (Å²) in [5, 5.41) is 11.7. The van der Waals surface area contributed by atoms with Crippen molar-refractivity contribution in [3.05, 3.63) is 29.8 Å². The predicted molar refractivity (Wildman–Crippen MR) is 91.4 cm³/mol. The van der Waals surface area contributed by atoms with Crippen LogP contribution in [0.1, 0.15) is 16.8 Å². The van der Waals surface area contributed by atoms with Crippen molar-refractivity contribution in [2.24, 2.45) is 0 Å². The molecule has 0 saturated carbocycles. The van der Waals surface area contributed by atoms with Crippen LogP contribution in [-0.4, -0.2) is 61.3 Å². The molecule has 1 fully saturated rings. The summed E-state index contributed by atoms with van der Waals surface area (Å²) in [6, 6.07) is 6.38. The van der Waals surface area contributed by atoms with Crippen molar-refractivity contribution >= 4 is 29.3 Å². The maximum atomic E-state index is 12.2. The first-order valence-electron chi connectivity index (χ1n) is 7.57. The van der Waals surface area contributed by atoms with Crippen LogP contribution < -0.4 is 10.2 Å². The van der Waals surface area contributed by atoms with Gasteiger partial charge in [-0.15, -0.1) is 0 Å². The minimum Gasteiger partial charge on any atom is -0.480 e. The smallest absolute Gasteiger partial charge is 0.326 e. The highest BCUT2D eigenvalue weighted by atomic mass is 32.2.